The molecule has 1 N–H and O–H groups in total. The highest BCUT2D eigenvalue weighted by atomic mass is 16.2. The third kappa shape index (κ3) is 3.96. The molecule has 29 heavy (non-hydrogen) atoms. The molecule has 0 aliphatic carbocycles. The number of benzene rings is 2. The zero-order valence-corrected chi connectivity index (χ0v) is 16.5. The molecule has 0 bridgehead atoms. The van der Waals surface area contributed by atoms with E-state index in [0.717, 1.165) is 28.2 Å². The van der Waals surface area contributed by atoms with E-state index in [1.807, 2.05) is 91.5 Å². The molecule has 1 atom stereocenters. The first-order valence-electron chi connectivity index (χ1n) is 9.60. The van der Waals surface area contributed by atoms with Crippen molar-refractivity contribution >= 4 is 5.91 Å². The van der Waals surface area contributed by atoms with Crippen molar-refractivity contribution in [3.8, 4) is 16.9 Å². The molecule has 0 aliphatic heterocycles. The van der Waals surface area contributed by atoms with Crippen molar-refractivity contribution in [3.63, 3.8) is 0 Å². The third-order valence-electron chi connectivity index (χ3n) is 4.93. The molecule has 0 radical (unpaired) electrons. The number of para-hydroxylation sites is 1. The Hall–Kier alpha value is -3.67. The molecule has 146 valence electrons. The summed E-state index contributed by atoms with van der Waals surface area (Å²) in [4.78, 5) is 12.7. The van der Waals surface area contributed by atoms with Gasteiger partial charge in [0, 0.05) is 35.8 Å². The Morgan fingerprint density at radius 3 is 2.38 bits per heavy atom. The molecule has 1 amide bonds. The molecule has 0 spiro atoms. The van der Waals surface area contributed by atoms with Crippen LogP contribution < -0.4 is 5.32 Å². The molecule has 0 saturated carbocycles. The van der Waals surface area contributed by atoms with Gasteiger partial charge in [0.15, 0.2) is 0 Å². The van der Waals surface area contributed by atoms with Gasteiger partial charge in [-0.1, -0.05) is 48.5 Å². The lowest BCUT2D eigenvalue weighted by Crippen LogP contribution is -2.31. The van der Waals surface area contributed by atoms with Crippen LogP contribution in [0.15, 0.2) is 79.1 Å². The van der Waals surface area contributed by atoms with Gasteiger partial charge >= 0.3 is 0 Å². The van der Waals surface area contributed by atoms with E-state index in [-0.39, 0.29) is 11.9 Å². The minimum Gasteiger partial charge on any atom is -0.350 e. The summed E-state index contributed by atoms with van der Waals surface area (Å²) in [6.07, 6.45) is 3.68. The molecule has 2 heterocycles. The van der Waals surface area contributed by atoms with E-state index in [4.69, 9.17) is 5.10 Å². The number of amides is 1. The van der Waals surface area contributed by atoms with E-state index < -0.39 is 0 Å². The maximum atomic E-state index is 12.7. The summed E-state index contributed by atoms with van der Waals surface area (Å²) in [5.41, 5.74) is 4.76. The number of nitrogens with one attached hydrogen (secondary N) is 1. The molecule has 2 aromatic carbocycles. The van der Waals surface area contributed by atoms with Crippen LogP contribution in [0.25, 0.3) is 16.9 Å². The normalized spacial score (nSPS) is 11.9. The van der Waals surface area contributed by atoms with Crippen molar-refractivity contribution in [2.24, 2.45) is 0 Å². The molecule has 6 heteroatoms. The van der Waals surface area contributed by atoms with Gasteiger partial charge in [0.1, 0.15) is 6.04 Å². The van der Waals surface area contributed by atoms with E-state index in [0.29, 0.717) is 6.54 Å². The van der Waals surface area contributed by atoms with Gasteiger partial charge in [0.2, 0.25) is 5.91 Å². The summed E-state index contributed by atoms with van der Waals surface area (Å²) in [7, 11) is 0. The summed E-state index contributed by atoms with van der Waals surface area (Å²) in [6, 6.07) is 21.5. The largest absolute Gasteiger partial charge is 0.350 e. The Bertz CT molecular complexity index is 1100. The Labute approximate surface area is 169 Å². The smallest absolute Gasteiger partial charge is 0.244 e. The second kappa shape index (κ2) is 8.14. The van der Waals surface area contributed by atoms with Gasteiger partial charge in [-0.2, -0.15) is 10.2 Å². The first-order chi connectivity index (χ1) is 14.1. The minimum absolute atomic E-state index is 0.0803. The standard InChI is InChI=1S/C23H23N5O/c1-17-13-14-25-28(17)18(2)23(29)24-15-20-16-27(21-11-7-4-8-12-21)26-22(20)19-9-5-3-6-10-19/h3-14,16,18H,15H2,1-2H3,(H,24,29). The molecule has 0 fully saturated rings. The molecule has 1 unspecified atom stereocenters. The number of rotatable bonds is 6. The topological polar surface area (TPSA) is 64.7 Å². The van der Waals surface area contributed by atoms with Crippen LogP contribution in [0.5, 0.6) is 0 Å². The lowest BCUT2D eigenvalue weighted by atomic mass is 10.1. The predicted molar refractivity (Wildman–Crippen MR) is 113 cm³/mol. The van der Waals surface area contributed by atoms with Crippen LogP contribution in [0, 0.1) is 6.92 Å². The molecule has 0 saturated heterocycles. The molecule has 2 aromatic heterocycles. The lowest BCUT2D eigenvalue weighted by Gasteiger charge is -2.14. The van der Waals surface area contributed by atoms with E-state index >= 15 is 0 Å². The second-order valence-corrected chi connectivity index (χ2v) is 6.96. The van der Waals surface area contributed by atoms with Gasteiger partial charge in [-0.25, -0.2) is 4.68 Å². The Balaban J connectivity index is 1.60. The number of carbonyl (C=O) groups is 1. The SMILES string of the molecule is Cc1ccnn1C(C)C(=O)NCc1cn(-c2ccccc2)nc1-c1ccccc1. The monoisotopic (exact) mass is 385 g/mol. The van der Waals surface area contributed by atoms with Crippen molar-refractivity contribution < 1.29 is 4.79 Å². The van der Waals surface area contributed by atoms with Crippen molar-refractivity contribution in [1.29, 1.82) is 0 Å². The number of aryl methyl sites for hydroxylation is 1. The Morgan fingerprint density at radius 1 is 1.03 bits per heavy atom. The van der Waals surface area contributed by atoms with Crippen LogP contribution in [0.4, 0.5) is 0 Å². The minimum atomic E-state index is -0.380. The maximum Gasteiger partial charge on any atom is 0.244 e. The van der Waals surface area contributed by atoms with Crippen molar-refractivity contribution in [1.82, 2.24) is 24.9 Å². The molecule has 4 rings (SSSR count). The second-order valence-electron chi connectivity index (χ2n) is 6.96. The van der Waals surface area contributed by atoms with Gasteiger partial charge in [0.05, 0.1) is 11.4 Å². The first-order valence-corrected chi connectivity index (χ1v) is 9.60. The fourth-order valence-corrected chi connectivity index (χ4v) is 3.32. The Kier molecular flexibility index (Phi) is 5.24. The van der Waals surface area contributed by atoms with Crippen LogP contribution in [0.3, 0.4) is 0 Å². The van der Waals surface area contributed by atoms with E-state index in [9.17, 15) is 4.79 Å². The average molecular weight is 385 g/mol. The molecular formula is C23H23N5O. The van der Waals surface area contributed by atoms with E-state index in [2.05, 4.69) is 10.4 Å². The fourth-order valence-electron chi connectivity index (χ4n) is 3.32. The zero-order chi connectivity index (χ0) is 20.2. The number of hydrogen-bond donors (Lipinski definition) is 1. The summed E-state index contributed by atoms with van der Waals surface area (Å²) in [6.45, 7) is 4.18. The van der Waals surface area contributed by atoms with Crippen molar-refractivity contribution in [2.45, 2.75) is 26.4 Å². The summed E-state index contributed by atoms with van der Waals surface area (Å²) < 4.78 is 3.58. The predicted octanol–water partition coefficient (Wildman–Crippen LogP) is 3.92. The van der Waals surface area contributed by atoms with Crippen LogP contribution >= 0.6 is 0 Å². The summed E-state index contributed by atoms with van der Waals surface area (Å²) >= 11 is 0. The van der Waals surface area contributed by atoms with Crippen molar-refractivity contribution in [3.05, 3.63) is 90.4 Å². The van der Waals surface area contributed by atoms with Gasteiger partial charge in [-0.05, 0) is 32.0 Å². The number of aromatic nitrogens is 4. The highest BCUT2D eigenvalue weighted by Crippen LogP contribution is 2.23. The highest BCUT2D eigenvalue weighted by Gasteiger charge is 2.18. The van der Waals surface area contributed by atoms with Crippen molar-refractivity contribution in [2.75, 3.05) is 0 Å². The third-order valence-corrected chi connectivity index (χ3v) is 4.93. The fraction of sp³-hybridized carbons (Fsp3) is 0.174. The van der Waals surface area contributed by atoms with Gasteiger partial charge in [0.25, 0.3) is 0 Å². The molecule has 4 aromatic rings. The molecular weight excluding hydrogens is 362 g/mol. The molecule has 6 nitrogen and oxygen atoms in total. The van der Waals surface area contributed by atoms with E-state index in [1.165, 1.54) is 0 Å². The van der Waals surface area contributed by atoms with Crippen LogP contribution in [-0.2, 0) is 11.3 Å². The zero-order valence-electron chi connectivity index (χ0n) is 16.5. The maximum absolute atomic E-state index is 12.7. The van der Waals surface area contributed by atoms with Crippen LogP contribution in [0.2, 0.25) is 0 Å². The van der Waals surface area contributed by atoms with Gasteiger partial charge < -0.3 is 5.32 Å². The molecule has 0 aliphatic rings. The first kappa shape index (κ1) is 18.7. The van der Waals surface area contributed by atoms with Gasteiger partial charge in [-0.15, -0.1) is 0 Å². The Morgan fingerprint density at radius 2 is 1.72 bits per heavy atom. The number of hydrogen-bond acceptors (Lipinski definition) is 3. The van der Waals surface area contributed by atoms with Gasteiger partial charge in [-0.3, -0.25) is 9.48 Å². The van der Waals surface area contributed by atoms with Crippen LogP contribution in [0.1, 0.15) is 24.2 Å². The number of carbonyl (C=O) groups excluding carboxylic acids is 1. The van der Waals surface area contributed by atoms with E-state index in [1.54, 1.807) is 10.9 Å². The quantitative estimate of drug-likeness (QED) is 0.547. The summed E-state index contributed by atoms with van der Waals surface area (Å²) in [5.74, 6) is -0.0803. The lowest BCUT2D eigenvalue weighted by molar-refractivity contribution is -0.124. The van der Waals surface area contributed by atoms with Crippen LogP contribution in [-0.4, -0.2) is 25.5 Å². The summed E-state index contributed by atoms with van der Waals surface area (Å²) in [5, 5.41) is 12.1. The highest BCUT2D eigenvalue weighted by molar-refractivity contribution is 5.80. The number of nitrogens with zero attached hydrogens (tertiary/aromatic N) is 4. The average Bonchev–Trinajstić information content (AvgIpc) is 3.39.